The molecule has 0 saturated carbocycles. The lowest BCUT2D eigenvalue weighted by Crippen LogP contribution is -2.23. The minimum absolute atomic E-state index is 0.0698. The monoisotopic (exact) mass is 559 g/mol. The van der Waals surface area contributed by atoms with E-state index in [1.165, 1.54) is 16.6 Å². The number of hydrogen-bond donors (Lipinski definition) is 1. The van der Waals surface area contributed by atoms with E-state index in [0.717, 1.165) is 41.8 Å². The number of nitrogens with one attached hydrogen (secondary N) is 1. The van der Waals surface area contributed by atoms with Crippen LogP contribution in [0.2, 0.25) is 10.0 Å². The molecule has 36 heavy (non-hydrogen) atoms. The van der Waals surface area contributed by atoms with Gasteiger partial charge >= 0.3 is 0 Å². The molecule has 0 bridgehead atoms. The molecule has 4 aromatic rings. The highest BCUT2D eigenvalue weighted by Gasteiger charge is 2.23. The number of benzene rings is 2. The highest BCUT2D eigenvalue weighted by molar-refractivity contribution is 7.99. The van der Waals surface area contributed by atoms with Crippen molar-refractivity contribution >= 4 is 68.1 Å². The van der Waals surface area contributed by atoms with Gasteiger partial charge in [-0.25, -0.2) is 4.98 Å². The summed E-state index contributed by atoms with van der Waals surface area (Å²) in [6.45, 7) is 2.48. The van der Waals surface area contributed by atoms with Gasteiger partial charge in [0.2, 0.25) is 5.91 Å². The number of thiophene rings is 1. The van der Waals surface area contributed by atoms with Crippen LogP contribution in [-0.4, -0.2) is 27.8 Å². The third-order valence-corrected chi connectivity index (χ3v) is 8.76. The average molecular weight is 561 g/mol. The fourth-order valence-corrected chi connectivity index (χ4v) is 6.68. The number of thioether (sulfide) groups is 1. The molecule has 0 spiro atoms. The fraction of sp³-hybridized carbons (Fsp3) is 0.269. The molecule has 2 heterocycles. The number of amides is 1. The van der Waals surface area contributed by atoms with Crippen molar-refractivity contribution < 1.29 is 9.53 Å². The lowest BCUT2D eigenvalue weighted by Gasteiger charge is -2.14. The van der Waals surface area contributed by atoms with Crippen molar-refractivity contribution in [2.24, 2.45) is 0 Å². The van der Waals surface area contributed by atoms with E-state index < -0.39 is 0 Å². The molecule has 0 unspecified atom stereocenters. The molecule has 6 nitrogen and oxygen atoms in total. The highest BCUT2D eigenvalue weighted by atomic mass is 35.5. The van der Waals surface area contributed by atoms with E-state index in [1.54, 1.807) is 34.1 Å². The van der Waals surface area contributed by atoms with Crippen LogP contribution in [0, 0.1) is 0 Å². The lowest BCUT2D eigenvalue weighted by molar-refractivity contribution is -0.113. The Morgan fingerprint density at radius 2 is 1.92 bits per heavy atom. The zero-order valence-corrected chi connectivity index (χ0v) is 22.6. The standard InChI is InChI=1S/C26H23Cl2N3O3S2/c1-2-34-17-10-8-16(9-11-17)31-25(33)23-18-5-3-4-6-21(18)36-24(23)30-26(31)35-14-22(32)29-15-7-12-19(27)20(28)13-15/h7-13H,2-6,14H2,1H3,(H,29,32). The smallest absolute Gasteiger partial charge is 0.267 e. The predicted octanol–water partition coefficient (Wildman–Crippen LogP) is 6.76. The number of aromatic nitrogens is 2. The molecule has 0 saturated heterocycles. The largest absolute Gasteiger partial charge is 0.494 e. The summed E-state index contributed by atoms with van der Waals surface area (Å²) >= 11 is 14.8. The quantitative estimate of drug-likeness (QED) is 0.200. The summed E-state index contributed by atoms with van der Waals surface area (Å²) in [5.41, 5.74) is 2.26. The van der Waals surface area contributed by atoms with Crippen LogP contribution in [-0.2, 0) is 17.6 Å². The molecule has 0 atom stereocenters. The molecule has 1 aliphatic carbocycles. The van der Waals surface area contributed by atoms with E-state index in [-0.39, 0.29) is 17.2 Å². The Morgan fingerprint density at radius 1 is 1.14 bits per heavy atom. The number of carbonyl (C=O) groups excluding carboxylic acids is 1. The van der Waals surface area contributed by atoms with Crippen LogP contribution in [0.25, 0.3) is 15.9 Å². The Hall–Kier alpha value is -2.52. The van der Waals surface area contributed by atoms with Gasteiger partial charge in [0.1, 0.15) is 10.6 Å². The molecule has 0 fully saturated rings. The Bertz CT molecular complexity index is 1500. The van der Waals surface area contributed by atoms with Crippen LogP contribution in [0.1, 0.15) is 30.2 Å². The lowest BCUT2D eigenvalue weighted by atomic mass is 9.97. The molecule has 2 aromatic heterocycles. The Balaban J connectivity index is 1.50. The molecule has 5 rings (SSSR count). The summed E-state index contributed by atoms with van der Waals surface area (Å²) in [7, 11) is 0. The van der Waals surface area contributed by atoms with Crippen LogP contribution < -0.4 is 15.6 Å². The van der Waals surface area contributed by atoms with Crippen molar-refractivity contribution in [3.8, 4) is 11.4 Å². The average Bonchev–Trinajstić information content (AvgIpc) is 3.25. The molecular weight excluding hydrogens is 537 g/mol. The van der Waals surface area contributed by atoms with Gasteiger partial charge in [0.15, 0.2) is 5.16 Å². The van der Waals surface area contributed by atoms with Gasteiger partial charge in [-0.1, -0.05) is 35.0 Å². The number of halogens is 2. The SMILES string of the molecule is CCOc1ccc(-n2c(SCC(=O)Nc3ccc(Cl)c(Cl)c3)nc3sc4c(c3c2=O)CCCC4)cc1. The van der Waals surface area contributed by atoms with Crippen LogP contribution >= 0.6 is 46.3 Å². The Labute approximate surface area is 226 Å². The van der Waals surface area contributed by atoms with Gasteiger partial charge in [-0.3, -0.25) is 14.2 Å². The van der Waals surface area contributed by atoms with Crippen LogP contribution in [0.3, 0.4) is 0 Å². The van der Waals surface area contributed by atoms with Gasteiger partial charge in [0, 0.05) is 10.6 Å². The van der Waals surface area contributed by atoms with Gasteiger partial charge in [-0.2, -0.15) is 0 Å². The maximum Gasteiger partial charge on any atom is 0.267 e. The zero-order valence-electron chi connectivity index (χ0n) is 19.5. The van der Waals surface area contributed by atoms with Crippen LogP contribution in [0.15, 0.2) is 52.4 Å². The van der Waals surface area contributed by atoms with Gasteiger partial charge in [0.05, 0.1) is 33.5 Å². The molecule has 1 amide bonds. The van der Waals surface area contributed by atoms with E-state index in [4.69, 9.17) is 32.9 Å². The van der Waals surface area contributed by atoms with Crippen molar-refractivity contribution in [3.05, 3.63) is 73.3 Å². The number of nitrogens with zero attached hydrogens (tertiary/aromatic N) is 2. The maximum atomic E-state index is 13.9. The summed E-state index contributed by atoms with van der Waals surface area (Å²) in [5, 5.41) is 4.77. The molecule has 186 valence electrons. The first-order valence-electron chi connectivity index (χ1n) is 11.6. The topological polar surface area (TPSA) is 73.2 Å². The molecule has 1 aliphatic rings. The number of fused-ring (bicyclic) bond motifs is 3. The molecule has 0 radical (unpaired) electrons. The van der Waals surface area contributed by atoms with Gasteiger partial charge < -0.3 is 10.1 Å². The third-order valence-electron chi connectivity index (χ3n) is 5.90. The minimum Gasteiger partial charge on any atom is -0.494 e. The molecular formula is C26H23Cl2N3O3S2. The summed E-state index contributed by atoms with van der Waals surface area (Å²) in [5.74, 6) is 0.559. The summed E-state index contributed by atoms with van der Waals surface area (Å²) in [6, 6.07) is 12.3. The first-order valence-corrected chi connectivity index (χ1v) is 14.2. The summed E-state index contributed by atoms with van der Waals surface area (Å²) < 4.78 is 7.17. The van der Waals surface area contributed by atoms with E-state index in [0.29, 0.717) is 38.6 Å². The van der Waals surface area contributed by atoms with Crippen LogP contribution in [0.5, 0.6) is 5.75 Å². The predicted molar refractivity (Wildman–Crippen MR) is 149 cm³/mol. The molecule has 2 aromatic carbocycles. The van der Waals surface area contributed by atoms with Crippen LogP contribution in [0.4, 0.5) is 5.69 Å². The fourth-order valence-electron chi connectivity index (χ4n) is 4.27. The number of rotatable bonds is 7. The maximum absolute atomic E-state index is 13.9. The minimum atomic E-state index is -0.239. The first-order chi connectivity index (χ1) is 17.4. The molecule has 0 aliphatic heterocycles. The normalized spacial score (nSPS) is 13.0. The van der Waals surface area contributed by atoms with E-state index in [1.807, 2.05) is 31.2 Å². The summed E-state index contributed by atoms with van der Waals surface area (Å²) in [6.07, 6.45) is 4.08. The molecule has 1 N–H and O–H groups in total. The third kappa shape index (κ3) is 5.13. The molecule has 10 heteroatoms. The summed E-state index contributed by atoms with van der Waals surface area (Å²) in [4.78, 5) is 33.4. The van der Waals surface area contributed by atoms with Gasteiger partial charge in [-0.05, 0) is 80.6 Å². The highest BCUT2D eigenvalue weighted by Crippen LogP contribution is 2.35. The Morgan fingerprint density at radius 3 is 2.67 bits per heavy atom. The van der Waals surface area contributed by atoms with E-state index in [9.17, 15) is 9.59 Å². The number of carbonyl (C=O) groups is 1. The van der Waals surface area contributed by atoms with E-state index >= 15 is 0 Å². The number of anilines is 1. The second-order valence-corrected chi connectivity index (χ2v) is 11.2. The van der Waals surface area contributed by atoms with Gasteiger partial charge in [0.25, 0.3) is 5.56 Å². The second-order valence-electron chi connectivity index (χ2n) is 8.32. The van der Waals surface area contributed by atoms with E-state index in [2.05, 4.69) is 5.32 Å². The second kappa shape index (κ2) is 10.8. The Kier molecular flexibility index (Phi) is 7.57. The number of hydrogen-bond acceptors (Lipinski definition) is 6. The van der Waals surface area contributed by atoms with Gasteiger partial charge in [-0.15, -0.1) is 11.3 Å². The zero-order chi connectivity index (χ0) is 25.2. The first kappa shape index (κ1) is 25.1. The van der Waals surface area contributed by atoms with Crippen molar-refractivity contribution in [2.45, 2.75) is 37.8 Å². The van der Waals surface area contributed by atoms with Crippen molar-refractivity contribution in [1.29, 1.82) is 0 Å². The van der Waals surface area contributed by atoms with Crippen molar-refractivity contribution in [3.63, 3.8) is 0 Å². The van der Waals surface area contributed by atoms with Crippen molar-refractivity contribution in [1.82, 2.24) is 9.55 Å². The van der Waals surface area contributed by atoms with Crippen molar-refractivity contribution in [2.75, 3.05) is 17.7 Å². The number of ether oxygens (including phenoxy) is 1. The number of aryl methyl sites for hydroxylation is 2.